The summed E-state index contributed by atoms with van der Waals surface area (Å²) in [5.74, 6) is -0.989. The number of carboxylic acid groups (broad SMARTS) is 1. The third-order valence-electron chi connectivity index (χ3n) is 4.02. The van der Waals surface area contributed by atoms with Gasteiger partial charge in [-0.25, -0.2) is 0 Å². The lowest BCUT2D eigenvalue weighted by Gasteiger charge is -2.11. The molecule has 1 aromatic carbocycles. The molecule has 2 aromatic rings. The van der Waals surface area contributed by atoms with E-state index in [1.54, 1.807) is 30.5 Å². The van der Waals surface area contributed by atoms with Gasteiger partial charge in [0.2, 0.25) is 0 Å². The Hall–Kier alpha value is -2.69. The second kappa shape index (κ2) is 5.60. The van der Waals surface area contributed by atoms with Gasteiger partial charge in [-0.1, -0.05) is 18.2 Å². The number of aromatic nitrogens is 1. The number of carbonyl (C=O) groups is 2. The molecule has 1 heterocycles. The molecule has 1 aliphatic carbocycles. The van der Waals surface area contributed by atoms with Crippen molar-refractivity contribution in [3.8, 4) is 0 Å². The quantitative estimate of drug-likeness (QED) is 0.886. The zero-order valence-corrected chi connectivity index (χ0v) is 12.0. The van der Waals surface area contributed by atoms with Crippen LogP contribution in [0.1, 0.15) is 34.5 Å². The van der Waals surface area contributed by atoms with Crippen LogP contribution in [0.5, 0.6) is 0 Å². The molecule has 0 spiro atoms. The van der Waals surface area contributed by atoms with Crippen molar-refractivity contribution in [3.63, 3.8) is 0 Å². The Balaban J connectivity index is 1.65. The van der Waals surface area contributed by atoms with Crippen LogP contribution in [0.2, 0.25) is 0 Å². The molecule has 0 aliphatic heterocycles. The highest BCUT2D eigenvalue weighted by Crippen LogP contribution is 2.48. The van der Waals surface area contributed by atoms with Crippen LogP contribution in [0.25, 0.3) is 0 Å². The lowest BCUT2D eigenvalue weighted by atomic mass is 9.95. The van der Waals surface area contributed by atoms with Crippen LogP contribution in [-0.4, -0.2) is 22.0 Å². The van der Waals surface area contributed by atoms with E-state index in [1.807, 2.05) is 18.2 Å². The molecule has 1 fully saturated rings. The summed E-state index contributed by atoms with van der Waals surface area (Å²) in [6.45, 7) is 0.362. The van der Waals surface area contributed by atoms with E-state index in [0.717, 1.165) is 11.3 Å². The van der Waals surface area contributed by atoms with Crippen molar-refractivity contribution < 1.29 is 14.7 Å². The second-order valence-corrected chi connectivity index (χ2v) is 5.47. The van der Waals surface area contributed by atoms with Gasteiger partial charge in [0, 0.05) is 11.8 Å². The van der Waals surface area contributed by atoms with Gasteiger partial charge in [0.25, 0.3) is 5.91 Å². The van der Waals surface area contributed by atoms with Crippen molar-refractivity contribution in [2.45, 2.75) is 24.8 Å². The first-order valence-corrected chi connectivity index (χ1v) is 7.14. The van der Waals surface area contributed by atoms with Crippen molar-refractivity contribution in [1.29, 1.82) is 0 Å². The van der Waals surface area contributed by atoms with Gasteiger partial charge >= 0.3 is 5.97 Å². The van der Waals surface area contributed by atoms with E-state index >= 15 is 0 Å². The fourth-order valence-corrected chi connectivity index (χ4v) is 2.47. The number of carbonyl (C=O) groups excluding carboxylic acids is 1. The number of nitrogens with zero attached hydrogens (tertiary/aromatic N) is 1. The van der Waals surface area contributed by atoms with E-state index in [-0.39, 0.29) is 5.91 Å². The van der Waals surface area contributed by atoms with E-state index in [1.165, 1.54) is 0 Å². The Morgan fingerprint density at radius 1 is 1.14 bits per heavy atom. The number of aliphatic carboxylic acids is 1. The predicted octanol–water partition coefficient (Wildman–Crippen LogP) is 2.13. The van der Waals surface area contributed by atoms with Gasteiger partial charge in [0.1, 0.15) is 0 Å². The Kier molecular flexibility index (Phi) is 3.63. The van der Waals surface area contributed by atoms with Gasteiger partial charge in [-0.15, -0.1) is 0 Å². The Morgan fingerprint density at radius 2 is 1.86 bits per heavy atom. The first-order valence-electron chi connectivity index (χ1n) is 7.14. The van der Waals surface area contributed by atoms with Crippen LogP contribution in [0, 0.1) is 0 Å². The van der Waals surface area contributed by atoms with Crippen LogP contribution in [0.4, 0.5) is 0 Å². The highest BCUT2D eigenvalue weighted by Gasteiger charge is 2.51. The van der Waals surface area contributed by atoms with Gasteiger partial charge in [-0.3, -0.25) is 14.6 Å². The maximum absolute atomic E-state index is 12.1. The molecule has 0 radical (unpaired) electrons. The average molecular weight is 296 g/mol. The molecule has 3 rings (SSSR count). The molecule has 1 aromatic heterocycles. The number of benzene rings is 1. The summed E-state index contributed by atoms with van der Waals surface area (Å²) in [6.07, 6.45) is 3.00. The normalized spacial score (nSPS) is 15.1. The molecule has 2 N–H and O–H groups in total. The van der Waals surface area contributed by atoms with Gasteiger partial charge in [-0.05, 0) is 42.7 Å². The minimum absolute atomic E-state index is 0.197. The van der Waals surface area contributed by atoms with Crippen molar-refractivity contribution in [2.75, 3.05) is 0 Å². The Bertz CT molecular complexity index is 692. The van der Waals surface area contributed by atoms with E-state index in [0.29, 0.717) is 24.9 Å². The summed E-state index contributed by atoms with van der Waals surface area (Å²) in [6, 6.07) is 12.3. The molecule has 5 nitrogen and oxygen atoms in total. The summed E-state index contributed by atoms with van der Waals surface area (Å²) >= 11 is 0. The lowest BCUT2D eigenvalue weighted by Crippen LogP contribution is -2.24. The highest BCUT2D eigenvalue weighted by molar-refractivity contribution is 5.94. The standard InChI is InChI=1S/C17H16N2O3/c20-15(19-11-14-3-1-2-10-18-14)12-4-6-13(7-5-12)17(8-9-17)16(21)22/h1-7,10H,8-9,11H2,(H,19,20)(H,21,22). The van der Waals surface area contributed by atoms with Crippen molar-refractivity contribution >= 4 is 11.9 Å². The fourth-order valence-electron chi connectivity index (χ4n) is 2.47. The first kappa shape index (κ1) is 14.3. The topological polar surface area (TPSA) is 79.3 Å². The van der Waals surface area contributed by atoms with E-state index < -0.39 is 11.4 Å². The Morgan fingerprint density at radius 3 is 2.41 bits per heavy atom. The number of carboxylic acids is 1. The number of rotatable bonds is 5. The fraction of sp³-hybridized carbons (Fsp3) is 0.235. The molecule has 112 valence electrons. The van der Waals surface area contributed by atoms with Gasteiger partial charge in [-0.2, -0.15) is 0 Å². The minimum Gasteiger partial charge on any atom is -0.481 e. The van der Waals surface area contributed by atoms with E-state index in [9.17, 15) is 14.7 Å². The number of amides is 1. The van der Waals surface area contributed by atoms with Crippen LogP contribution >= 0.6 is 0 Å². The number of pyridine rings is 1. The zero-order chi connectivity index (χ0) is 15.6. The molecular formula is C17H16N2O3. The lowest BCUT2D eigenvalue weighted by molar-refractivity contribution is -0.140. The van der Waals surface area contributed by atoms with E-state index in [4.69, 9.17) is 0 Å². The van der Waals surface area contributed by atoms with Crippen molar-refractivity contribution in [1.82, 2.24) is 10.3 Å². The van der Waals surface area contributed by atoms with Gasteiger partial charge < -0.3 is 10.4 Å². The summed E-state index contributed by atoms with van der Waals surface area (Å²) in [4.78, 5) is 27.5. The molecule has 0 bridgehead atoms. The monoisotopic (exact) mass is 296 g/mol. The van der Waals surface area contributed by atoms with Crippen molar-refractivity contribution in [3.05, 3.63) is 65.5 Å². The maximum Gasteiger partial charge on any atom is 0.314 e. The Labute approximate surface area is 128 Å². The zero-order valence-electron chi connectivity index (χ0n) is 12.0. The van der Waals surface area contributed by atoms with Crippen LogP contribution in [0.3, 0.4) is 0 Å². The predicted molar refractivity (Wildman–Crippen MR) is 80.4 cm³/mol. The third kappa shape index (κ3) is 2.70. The summed E-state index contributed by atoms with van der Waals surface area (Å²) < 4.78 is 0. The second-order valence-electron chi connectivity index (χ2n) is 5.47. The number of hydrogen-bond donors (Lipinski definition) is 2. The van der Waals surface area contributed by atoms with E-state index in [2.05, 4.69) is 10.3 Å². The third-order valence-corrected chi connectivity index (χ3v) is 4.02. The van der Waals surface area contributed by atoms with Crippen LogP contribution < -0.4 is 5.32 Å². The summed E-state index contributed by atoms with van der Waals surface area (Å²) in [7, 11) is 0. The smallest absolute Gasteiger partial charge is 0.314 e. The molecule has 0 saturated heterocycles. The maximum atomic E-state index is 12.1. The van der Waals surface area contributed by atoms with Crippen molar-refractivity contribution in [2.24, 2.45) is 0 Å². The molecule has 1 aliphatic rings. The van der Waals surface area contributed by atoms with Gasteiger partial charge in [0.05, 0.1) is 17.7 Å². The minimum atomic E-state index is -0.792. The van der Waals surface area contributed by atoms with Crippen LogP contribution in [-0.2, 0) is 16.8 Å². The largest absolute Gasteiger partial charge is 0.481 e. The molecule has 22 heavy (non-hydrogen) atoms. The molecule has 1 amide bonds. The molecular weight excluding hydrogens is 280 g/mol. The molecule has 0 unspecified atom stereocenters. The number of hydrogen-bond acceptors (Lipinski definition) is 3. The van der Waals surface area contributed by atoms with Crippen LogP contribution in [0.15, 0.2) is 48.7 Å². The highest BCUT2D eigenvalue weighted by atomic mass is 16.4. The first-order chi connectivity index (χ1) is 10.6. The molecule has 0 atom stereocenters. The molecule has 1 saturated carbocycles. The average Bonchev–Trinajstić information content (AvgIpc) is 3.36. The SMILES string of the molecule is O=C(NCc1ccccn1)c1ccc(C2(C(=O)O)CC2)cc1. The number of nitrogens with one attached hydrogen (secondary N) is 1. The van der Waals surface area contributed by atoms with Gasteiger partial charge in [0.15, 0.2) is 0 Å². The summed E-state index contributed by atoms with van der Waals surface area (Å²) in [5.41, 5.74) is 1.33. The summed E-state index contributed by atoms with van der Waals surface area (Å²) in [5, 5.41) is 12.1. The molecule has 5 heteroatoms.